The fourth-order valence-corrected chi connectivity index (χ4v) is 4.96. The quantitative estimate of drug-likeness (QED) is 0.219. The molecule has 0 N–H and O–H groups in total. The van der Waals surface area contributed by atoms with Crippen LogP contribution in [0.4, 0.5) is 0 Å². The van der Waals surface area contributed by atoms with Gasteiger partial charge >= 0.3 is 0 Å². The van der Waals surface area contributed by atoms with Gasteiger partial charge in [0.25, 0.3) is 11.6 Å². The van der Waals surface area contributed by atoms with E-state index in [0.29, 0.717) is 18.3 Å². The summed E-state index contributed by atoms with van der Waals surface area (Å²) in [6, 6.07) is 9.40. The smallest absolute Gasteiger partial charge is 0.299 e. The lowest BCUT2D eigenvalue weighted by molar-refractivity contribution is 0.205. The van der Waals surface area contributed by atoms with E-state index >= 15 is 0 Å². The number of rotatable bonds is 9. The molecular formula is C14H18NO3PS2. The molecule has 0 saturated heterocycles. The molecule has 0 aliphatic heterocycles. The molecule has 1 rings (SSSR count). The van der Waals surface area contributed by atoms with Crippen LogP contribution >= 0.6 is 17.1 Å². The highest BCUT2D eigenvalue weighted by atomic mass is 32.9. The number of nitrogens with zero attached hydrogens (tertiary/aromatic N) is 1. The minimum Gasteiger partial charge on any atom is -0.414 e. The summed E-state index contributed by atoms with van der Waals surface area (Å²) in [6.45, 7) is 7.62. The molecule has 1 unspecified atom stereocenters. The molecule has 0 aromatic heterocycles. The van der Waals surface area contributed by atoms with Gasteiger partial charge in [0.05, 0.1) is 6.61 Å². The Hall–Kier alpha value is -1.07. The summed E-state index contributed by atoms with van der Waals surface area (Å²) in [6.07, 6.45) is 3.39. The number of benzene rings is 1. The van der Waals surface area contributed by atoms with Crippen LogP contribution in [0.25, 0.3) is 0 Å². The molecule has 0 bridgehead atoms. The van der Waals surface area contributed by atoms with Crippen LogP contribution in [0.3, 0.4) is 0 Å². The largest absolute Gasteiger partial charge is 0.414 e. The van der Waals surface area contributed by atoms with Gasteiger partial charge in [-0.05, 0) is 29.1 Å². The molecular weight excluding hydrogens is 325 g/mol. The van der Waals surface area contributed by atoms with E-state index in [4.69, 9.17) is 25.7 Å². The van der Waals surface area contributed by atoms with Crippen molar-refractivity contribution in [3.63, 3.8) is 0 Å². The van der Waals surface area contributed by atoms with Crippen LogP contribution < -0.4 is 0 Å². The first-order valence-electron chi connectivity index (χ1n) is 6.12. The highest BCUT2D eigenvalue weighted by molar-refractivity contribution is 8.68. The fourth-order valence-electron chi connectivity index (χ4n) is 1.27. The molecule has 0 radical (unpaired) electrons. The van der Waals surface area contributed by atoms with E-state index in [1.807, 2.05) is 30.3 Å². The molecule has 0 heterocycles. The van der Waals surface area contributed by atoms with Crippen LogP contribution in [0, 0.1) is 0 Å². The Morgan fingerprint density at radius 2 is 2.05 bits per heavy atom. The van der Waals surface area contributed by atoms with Crippen LogP contribution in [0.15, 0.2) is 60.8 Å². The van der Waals surface area contributed by atoms with Gasteiger partial charge in [0, 0.05) is 11.3 Å². The monoisotopic (exact) mass is 343 g/mol. The molecule has 0 fully saturated rings. The van der Waals surface area contributed by atoms with Crippen molar-refractivity contribution >= 4 is 34.8 Å². The number of hydrogen-bond acceptors (Lipinski definition) is 6. The average molecular weight is 343 g/mol. The standard InChI is InChI=1S/C14H18NO3PS2/c1-4-11-17-19(20,21-12-5-2)18-14(15-16-3)13-9-7-6-8-10-13/h4-10H,1-2,11-12H2,3H3. The van der Waals surface area contributed by atoms with Crippen LogP contribution in [-0.4, -0.2) is 25.4 Å². The minimum atomic E-state index is -2.61. The molecule has 1 atom stereocenters. The van der Waals surface area contributed by atoms with Crippen molar-refractivity contribution in [2.75, 3.05) is 19.5 Å². The summed E-state index contributed by atoms with van der Waals surface area (Å²) in [4.78, 5) is 4.84. The Bertz CT molecular complexity index is 518. The zero-order chi connectivity index (χ0) is 15.6. The van der Waals surface area contributed by atoms with Gasteiger partial charge in [-0.2, -0.15) is 0 Å². The van der Waals surface area contributed by atoms with E-state index in [2.05, 4.69) is 18.3 Å². The van der Waals surface area contributed by atoms with Crippen LogP contribution in [0.2, 0.25) is 0 Å². The Balaban J connectivity index is 2.96. The summed E-state index contributed by atoms with van der Waals surface area (Å²) < 4.78 is 11.5. The number of oxime groups is 1. The summed E-state index contributed by atoms with van der Waals surface area (Å²) in [5, 5.41) is 3.91. The summed E-state index contributed by atoms with van der Waals surface area (Å²) in [5.41, 5.74) is -1.83. The zero-order valence-corrected chi connectivity index (χ0v) is 14.3. The molecule has 0 amide bonds. The second-order valence-electron chi connectivity index (χ2n) is 3.65. The first-order valence-corrected chi connectivity index (χ1v) is 10.3. The minimum absolute atomic E-state index is 0.307. The molecule has 7 heteroatoms. The lowest BCUT2D eigenvalue weighted by Gasteiger charge is -2.21. The molecule has 0 saturated carbocycles. The molecule has 21 heavy (non-hydrogen) atoms. The molecule has 0 spiro atoms. The van der Waals surface area contributed by atoms with Crippen molar-refractivity contribution in [1.29, 1.82) is 0 Å². The van der Waals surface area contributed by atoms with E-state index in [9.17, 15) is 0 Å². The SMILES string of the molecule is C=CCOP(=S)(OC(=NOC)c1ccccc1)SCC=C. The van der Waals surface area contributed by atoms with Crippen molar-refractivity contribution in [2.24, 2.45) is 5.16 Å². The average Bonchev–Trinajstić information content (AvgIpc) is 2.52. The maximum atomic E-state index is 5.86. The Morgan fingerprint density at radius 1 is 1.33 bits per heavy atom. The van der Waals surface area contributed by atoms with Crippen molar-refractivity contribution in [3.8, 4) is 0 Å². The Kier molecular flexibility index (Phi) is 8.38. The fraction of sp³-hybridized carbons (Fsp3) is 0.214. The highest BCUT2D eigenvalue weighted by Gasteiger charge is 2.24. The van der Waals surface area contributed by atoms with Gasteiger partial charge in [-0.3, -0.25) is 0 Å². The first-order chi connectivity index (χ1) is 10.1. The second-order valence-corrected chi connectivity index (χ2v) is 9.93. The van der Waals surface area contributed by atoms with E-state index < -0.39 is 5.69 Å². The maximum absolute atomic E-state index is 5.86. The zero-order valence-electron chi connectivity index (χ0n) is 11.8. The lowest BCUT2D eigenvalue weighted by Crippen LogP contribution is -2.06. The predicted octanol–water partition coefficient (Wildman–Crippen LogP) is 4.36. The van der Waals surface area contributed by atoms with Gasteiger partial charge in [0.2, 0.25) is 0 Å². The lowest BCUT2D eigenvalue weighted by atomic mass is 10.2. The third kappa shape index (κ3) is 6.48. The predicted molar refractivity (Wildman–Crippen MR) is 94.2 cm³/mol. The first kappa shape index (κ1) is 18.0. The van der Waals surface area contributed by atoms with Crippen molar-refractivity contribution in [1.82, 2.24) is 0 Å². The van der Waals surface area contributed by atoms with E-state index in [-0.39, 0.29) is 0 Å². The molecule has 1 aromatic rings. The van der Waals surface area contributed by atoms with Gasteiger partial charge in [0.1, 0.15) is 7.11 Å². The molecule has 114 valence electrons. The van der Waals surface area contributed by atoms with Gasteiger partial charge in [-0.1, -0.05) is 41.7 Å². The van der Waals surface area contributed by atoms with Gasteiger partial charge in [-0.25, -0.2) is 0 Å². The molecule has 0 aliphatic carbocycles. The van der Waals surface area contributed by atoms with Crippen molar-refractivity contribution in [3.05, 3.63) is 61.2 Å². The van der Waals surface area contributed by atoms with Crippen LogP contribution in [0.5, 0.6) is 0 Å². The molecule has 4 nitrogen and oxygen atoms in total. The normalized spacial score (nSPS) is 14.0. The summed E-state index contributed by atoms with van der Waals surface area (Å²) in [7, 11) is 1.46. The van der Waals surface area contributed by atoms with E-state index in [1.54, 1.807) is 12.2 Å². The highest BCUT2D eigenvalue weighted by Crippen LogP contribution is 2.61. The second kappa shape index (κ2) is 9.79. The molecule has 1 aromatic carbocycles. The van der Waals surface area contributed by atoms with Crippen LogP contribution in [-0.2, 0) is 25.7 Å². The number of hydrogen-bond donors (Lipinski definition) is 0. The molecule has 0 aliphatic rings. The van der Waals surface area contributed by atoms with Crippen molar-refractivity contribution in [2.45, 2.75) is 0 Å². The maximum Gasteiger partial charge on any atom is 0.299 e. The van der Waals surface area contributed by atoms with Gasteiger partial charge in [0.15, 0.2) is 0 Å². The Morgan fingerprint density at radius 3 is 2.62 bits per heavy atom. The van der Waals surface area contributed by atoms with E-state index in [1.165, 1.54) is 18.5 Å². The Labute approximate surface area is 134 Å². The summed E-state index contributed by atoms with van der Waals surface area (Å²) in [5.74, 6) is 0.936. The van der Waals surface area contributed by atoms with Crippen molar-refractivity contribution < 1.29 is 13.9 Å². The van der Waals surface area contributed by atoms with Gasteiger partial charge < -0.3 is 13.9 Å². The van der Waals surface area contributed by atoms with Crippen LogP contribution in [0.1, 0.15) is 5.56 Å². The third-order valence-corrected chi connectivity index (χ3v) is 7.08. The van der Waals surface area contributed by atoms with Gasteiger partial charge in [-0.15, -0.1) is 13.2 Å². The summed E-state index contributed by atoms with van der Waals surface area (Å²) >= 11 is 6.91. The third-order valence-electron chi connectivity index (χ3n) is 2.09. The topological polar surface area (TPSA) is 40.0 Å². The van der Waals surface area contributed by atoms with E-state index in [0.717, 1.165) is 5.56 Å².